The van der Waals surface area contributed by atoms with Gasteiger partial charge in [-0.15, -0.1) is 0 Å². The zero-order chi connectivity index (χ0) is 32.0. The number of ether oxygens (including phenoxy) is 4. The van der Waals surface area contributed by atoms with Crippen molar-refractivity contribution in [1.29, 1.82) is 0 Å². The predicted octanol–water partition coefficient (Wildman–Crippen LogP) is 4.36. The minimum atomic E-state index is -0.893. The lowest BCUT2D eigenvalue weighted by Crippen LogP contribution is -2.50. The molecule has 0 saturated carbocycles. The molecule has 238 valence electrons. The van der Waals surface area contributed by atoms with Crippen molar-refractivity contribution in [3.8, 4) is 23.0 Å². The summed E-state index contributed by atoms with van der Waals surface area (Å²) in [4.78, 5) is 36.8. The molecule has 0 spiro atoms. The number of carbonyl (C=O) groups excluding carboxylic acids is 2. The maximum atomic E-state index is 13.6. The molecule has 2 unspecified atom stereocenters. The Morgan fingerprint density at radius 2 is 1.47 bits per heavy atom. The molecular formula is C34H40N4O7. The Hall–Kier alpha value is -4.51. The summed E-state index contributed by atoms with van der Waals surface area (Å²) in [5.41, 5.74) is 3.99. The van der Waals surface area contributed by atoms with Gasteiger partial charge in [0.2, 0.25) is 0 Å². The van der Waals surface area contributed by atoms with E-state index in [1.807, 2.05) is 18.7 Å². The number of aliphatic hydroxyl groups is 1. The van der Waals surface area contributed by atoms with Gasteiger partial charge in [-0.1, -0.05) is 24.3 Å². The van der Waals surface area contributed by atoms with Gasteiger partial charge in [-0.3, -0.25) is 14.6 Å². The molecule has 11 heteroatoms. The largest absolute Gasteiger partial charge is 0.493 e. The van der Waals surface area contributed by atoms with Gasteiger partial charge in [-0.25, -0.2) is 0 Å². The lowest BCUT2D eigenvalue weighted by atomic mass is 10.1. The van der Waals surface area contributed by atoms with E-state index >= 15 is 0 Å². The highest BCUT2D eigenvalue weighted by Crippen LogP contribution is 2.43. The molecule has 3 atom stereocenters. The van der Waals surface area contributed by atoms with E-state index in [-0.39, 0.29) is 29.9 Å². The molecule has 2 amide bonds. The molecule has 1 N–H and O–H groups in total. The van der Waals surface area contributed by atoms with Crippen molar-refractivity contribution in [3.05, 3.63) is 59.7 Å². The lowest BCUT2D eigenvalue weighted by Gasteiger charge is -2.36. The molecule has 2 saturated heterocycles. The van der Waals surface area contributed by atoms with Crippen LogP contribution in [0, 0.1) is 0 Å². The smallest absolute Gasteiger partial charge is 0.257 e. The van der Waals surface area contributed by atoms with Crippen LogP contribution in [-0.2, 0) is 0 Å². The number of amides is 2. The molecule has 0 bridgehead atoms. The monoisotopic (exact) mass is 616 g/mol. The number of hydrogen-bond donors (Lipinski definition) is 1. The summed E-state index contributed by atoms with van der Waals surface area (Å²) in [6.45, 7) is 13.6. The Bertz CT molecular complexity index is 1580. The summed E-state index contributed by atoms with van der Waals surface area (Å²) in [5.74, 6) is 1.56. The van der Waals surface area contributed by atoms with Crippen molar-refractivity contribution >= 4 is 29.4 Å². The van der Waals surface area contributed by atoms with Gasteiger partial charge in [0.25, 0.3) is 11.8 Å². The van der Waals surface area contributed by atoms with E-state index in [0.29, 0.717) is 91.1 Å². The van der Waals surface area contributed by atoms with Crippen LogP contribution < -0.4 is 23.8 Å². The molecule has 2 aromatic rings. The summed E-state index contributed by atoms with van der Waals surface area (Å²) in [7, 11) is 3.07. The highest BCUT2D eigenvalue weighted by Gasteiger charge is 2.44. The summed E-state index contributed by atoms with van der Waals surface area (Å²) in [5, 5.41) is 11.4. The number of nitrogens with zero attached hydrogens (tertiary/aromatic N) is 4. The Kier molecular flexibility index (Phi) is 8.22. The fourth-order valence-corrected chi connectivity index (χ4v) is 6.62. The zero-order valence-electron chi connectivity index (χ0n) is 26.2. The number of methoxy groups -OCH3 is 2. The molecule has 6 rings (SSSR count). The molecular weight excluding hydrogens is 576 g/mol. The number of anilines is 1. The van der Waals surface area contributed by atoms with Crippen LogP contribution in [0.25, 0.3) is 0 Å². The van der Waals surface area contributed by atoms with Gasteiger partial charge >= 0.3 is 0 Å². The molecule has 0 aromatic heterocycles. The minimum Gasteiger partial charge on any atom is -0.493 e. The average Bonchev–Trinajstić information content (AvgIpc) is 3.55. The van der Waals surface area contributed by atoms with Crippen molar-refractivity contribution in [2.45, 2.75) is 57.5 Å². The van der Waals surface area contributed by atoms with Gasteiger partial charge in [0.1, 0.15) is 6.23 Å². The topological polar surface area (TPSA) is 113 Å². The van der Waals surface area contributed by atoms with Gasteiger partial charge < -0.3 is 38.8 Å². The molecule has 2 fully saturated rings. The fourth-order valence-electron chi connectivity index (χ4n) is 6.62. The third kappa shape index (κ3) is 5.50. The number of aliphatic imine (C=N–C) groups is 1. The Balaban J connectivity index is 1.16. The van der Waals surface area contributed by atoms with Crippen molar-refractivity contribution in [2.75, 3.05) is 45.4 Å². The van der Waals surface area contributed by atoms with Crippen molar-refractivity contribution in [2.24, 2.45) is 4.99 Å². The molecule has 2 aromatic carbocycles. The van der Waals surface area contributed by atoms with Crippen LogP contribution in [-0.4, -0.2) is 97.8 Å². The summed E-state index contributed by atoms with van der Waals surface area (Å²) < 4.78 is 23.4. The molecule has 4 aliphatic rings. The Morgan fingerprint density at radius 3 is 2.13 bits per heavy atom. The Labute approximate surface area is 263 Å². The maximum absolute atomic E-state index is 13.6. The van der Waals surface area contributed by atoms with Crippen LogP contribution in [0.3, 0.4) is 0 Å². The van der Waals surface area contributed by atoms with Crippen LogP contribution >= 0.6 is 0 Å². The van der Waals surface area contributed by atoms with Crippen molar-refractivity contribution in [1.82, 2.24) is 9.80 Å². The third-order valence-electron chi connectivity index (χ3n) is 8.78. The number of hydrogen-bond acceptors (Lipinski definition) is 9. The molecule has 0 aliphatic carbocycles. The standard InChI is InChI=1S/C34H40N4O7/c1-19(2)38-26-15-31(29(43-6)13-24(26)33(40)37-18-21(4)11-27(37)34(38)41)45-9-7-8-44-30-14-25-23(12-28(30)42-5)32(39)36-17-20(3)10-22(36)16-35-25/h12-16,19,22,27,34,41H,3-4,7-11,17-18H2,1-2,5-6H3/t22-,27?,34?/m0/s1. The number of fused-ring (bicyclic) bond motifs is 4. The zero-order valence-corrected chi connectivity index (χ0v) is 26.2. The van der Waals surface area contributed by atoms with E-state index in [1.54, 1.807) is 40.3 Å². The third-order valence-corrected chi connectivity index (χ3v) is 8.78. The molecule has 45 heavy (non-hydrogen) atoms. The Morgan fingerprint density at radius 1 is 0.867 bits per heavy atom. The summed E-state index contributed by atoms with van der Waals surface area (Å²) in [6.07, 6.45) is 2.69. The normalized spacial score (nSPS) is 22.2. The quantitative estimate of drug-likeness (QED) is 0.327. The number of carbonyl (C=O) groups is 2. The molecule has 4 aliphatic heterocycles. The van der Waals surface area contributed by atoms with E-state index in [4.69, 9.17) is 18.9 Å². The van der Waals surface area contributed by atoms with Gasteiger partial charge in [0, 0.05) is 43.9 Å². The molecule has 11 nitrogen and oxygen atoms in total. The number of aliphatic hydroxyl groups excluding tert-OH is 1. The second-order valence-corrected chi connectivity index (χ2v) is 12.2. The highest BCUT2D eigenvalue weighted by molar-refractivity contribution is 6.04. The summed E-state index contributed by atoms with van der Waals surface area (Å²) >= 11 is 0. The first-order chi connectivity index (χ1) is 21.6. The van der Waals surface area contributed by atoms with E-state index < -0.39 is 6.23 Å². The van der Waals surface area contributed by atoms with E-state index in [0.717, 1.165) is 11.1 Å². The number of benzene rings is 2. The predicted molar refractivity (Wildman–Crippen MR) is 171 cm³/mol. The van der Waals surface area contributed by atoms with E-state index in [9.17, 15) is 14.7 Å². The van der Waals surface area contributed by atoms with Crippen molar-refractivity contribution < 1.29 is 33.6 Å². The van der Waals surface area contributed by atoms with Gasteiger partial charge in [-0.05, 0) is 38.8 Å². The van der Waals surface area contributed by atoms with E-state index in [1.165, 1.54) is 14.2 Å². The second-order valence-electron chi connectivity index (χ2n) is 12.2. The minimum absolute atomic E-state index is 0.0817. The van der Waals surface area contributed by atoms with Crippen LogP contribution in [0.1, 0.15) is 53.8 Å². The van der Waals surface area contributed by atoms with Crippen LogP contribution in [0.4, 0.5) is 11.4 Å². The first kappa shape index (κ1) is 30.5. The average molecular weight is 617 g/mol. The van der Waals surface area contributed by atoms with Crippen LogP contribution in [0.15, 0.2) is 53.6 Å². The van der Waals surface area contributed by atoms with Crippen LogP contribution in [0.5, 0.6) is 23.0 Å². The molecule has 0 radical (unpaired) electrons. The maximum Gasteiger partial charge on any atom is 0.257 e. The first-order valence-electron chi connectivity index (χ1n) is 15.3. The molecule has 4 heterocycles. The second kappa shape index (κ2) is 12.1. The number of rotatable bonds is 9. The van der Waals surface area contributed by atoms with E-state index in [2.05, 4.69) is 18.2 Å². The SMILES string of the molecule is C=C1CC2C(O)N(C(C)C)c3cc(OCCCOc4cc5c(cc4OC)C(=O)N4CC(=C)C[C@H]4C=N5)c(OC)cc3C(=O)N2C1. The first-order valence-corrected chi connectivity index (χ1v) is 15.3. The van der Waals surface area contributed by atoms with Gasteiger partial charge in [-0.2, -0.15) is 0 Å². The highest BCUT2D eigenvalue weighted by atomic mass is 16.5. The van der Waals surface area contributed by atoms with Gasteiger partial charge in [0.05, 0.1) is 62.0 Å². The lowest BCUT2D eigenvalue weighted by molar-refractivity contribution is 0.0497. The summed E-state index contributed by atoms with van der Waals surface area (Å²) in [6, 6.07) is 6.33. The van der Waals surface area contributed by atoms with Gasteiger partial charge in [0.15, 0.2) is 23.0 Å². The fraction of sp³-hybridized carbons (Fsp3) is 0.441. The van der Waals surface area contributed by atoms with Crippen LogP contribution in [0.2, 0.25) is 0 Å². The van der Waals surface area contributed by atoms with Crippen molar-refractivity contribution in [3.63, 3.8) is 0 Å².